The Bertz CT molecular complexity index is 807. The van der Waals surface area contributed by atoms with Gasteiger partial charge in [0.05, 0.1) is 0 Å². The number of fused-ring (bicyclic) bond motifs is 1. The van der Waals surface area contributed by atoms with Gasteiger partial charge in [-0.05, 0) is 36.4 Å². The molecule has 0 amide bonds. The molecular formula is C16H12BrFN2O. The van der Waals surface area contributed by atoms with Crippen molar-refractivity contribution >= 4 is 32.5 Å². The highest BCUT2D eigenvalue weighted by molar-refractivity contribution is 9.10. The van der Waals surface area contributed by atoms with Gasteiger partial charge in [0.1, 0.15) is 23.7 Å². The third-order valence-corrected chi connectivity index (χ3v) is 3.90. The van der Waals surface area contributed by atoms with Gasteiger partial charge in [-0.15, -0.1) is 0 Å². The van der Waals surface area contributed by atoms with Crippen LogP contribution in [0.25, 0.3) is 10.9 Å². The maximum absolute atomic E-state index is 13.1. The summed E-state index contributed by atoms with van der Waals surface area (Å²) in [6.07, 6.45) is 1.70. The van der Waals surface area contributed by atoms with Gasteiger partial charge in [0, 0.05) is 27.3 Å². The first-order chi connectivity index (χ1) is 10.1. The molecule has 0 aliphatic heterocycles. The van der Waals surface area contributed by atoms with Gasteiger partial charge >= 0.3 is 0 Å². The zero-order valence-corrected chi connectivity index (χ0v) is 12.6. The van der Waals surface area contributed by atoms with Crippen molar-refractivity contribution in [1.82, 2.24) is 4.98 Å². The van der Waals surface area contributed by atoms with Crippen LogP contribution in [0.15, 0.2) is 53.1 Å². The molecule has 3 nitrogen and oxygen atoms in total. The van der Waals surface area contributed by atoms with Crippen LogP contribution in [0.1, 0.15) is 5.56 Å². The van der Waals surface area contributed by atoms with Crippen LogP contribution in [0.4, 0.5) is 10.1 Å². The molecule has 3 aromatic rings. The molecular weight excluding hydrogens is 335 g/mol. The van der Waals surface area contributed by atoms with Gasteiger partial charge in [0.15, 0.2) is 0 Å². The third kappa shape index (κ3) is 2.83. The number of nitrogens with two attached hydrogens (primary N) is 1. The fourth-order valence-corrected chi connectivity index (χ4v) is 2.54. The lowest BCUT2D eigenvalue weighted by Gasteiger charge is -2.11. The van der Waals surface area contributed by atoms with E-state index in [-0.39, 0.29) is 5.82 Å². The summed E-state index contributed by atoms with van der Waals surface area (Å²) in [6.45, 7) is 0.316. The maximum atomic E-state index is 13.1. The predicted molar refractivity (Wildman–Crippen MR) is 84.6 cm³/mol. The summed E-state index contributed by atoms with van der Waals surface area (Å²) in [5, 5.41) is 0.855. The number of hydrogen-bond donors (Lipinski definition) is 1. The van der Waals surface area contributed by atoms with Crippen LogP contribution < -0.4 is 10.5 Å². The van der Waals surface area contributed by atoms with Gasteiger partial charge in [-0.1, -0.05) is 22.0 Å². The first kappa shape index (κ1) is 13.8. The van der Waals surface area contributed by atoms with E-state index < -0.39 is 0 Å². The third-order valence-electron chi connectivity index (χ3n) is 3.16. The molecule has 0 aliphatic carbocycles. The highest BCUT2D eigenvalue weighted by atomic mass is 79.9. The quantitative estimate of drug-likeness (QED) is 0.719. The highest BCUT2D eigenvalue weighted by Gasteiger charge is 2.08. The number of rotatable bonds is 3. The van der Waals surface area contributed by atoms with E-state index >= 15 is 0 Å². The van der Waals surface area contributed by atoms with Crippen molar-refractivity contribution in [2.24, 2.45) is 0 Å². The number of halogens is 2. The average Bonchev–Trinajstić information content (AvgIpc) is 2.48. The Morgan fingerprint density at radius 1 is 1.19 bits per heavy atom. The molecule has 0 radical (unpaired) electrons. The predicted octanol–water partition coefficient (Wildman–Crippen LogP) is 4.30. The Morgan fingerprint density at radius 3 is 2.86 bits per heavy atom. The summed E-state index contributed by atoms with van der Waals surface area (Å²) < 4.78 is 19.6. The van der Waals surface area contributed by atoms with E-state index in [0.29, 0.717) is 22.5 Å². The smallest absolute Gasteiger partial charge is 0.146 e. The van der Waals surface area contributed by atoms with Gasteiger partial charge in [-0.2, -0.15) is 0 Å². The summed E-state index contributed by atoms with van der Waals surface area (Å²) in [7, 11) is 0. The van der Waals surface area contributed by atoms with E-state index in [1.807, 2.05) is 12.1 Å². The lowest BCUT2D eigenvalue weighted by molar-refractivity contribution is 0.308. The molecule has 5 heteroatoms. The number of nitrogen functional groups attached to an aromatic ring is 1. The van der Waals surface area contributed by atoms with Gasteiger partial charge < -0.3 is 10.5 Å². The molecule has 0 saturated heterocycles. The number of benzene rings is 2. The number of pyridine rings is 1. The summed E-state index contributed by atoms with van der Waals surface area (Å²) in [6, 6.07) is 11.8. The van der Waals surface area contributed by atoms with E-state index in [2.05, 4.69) is 20.9 Å². The Balaban J connectivity index is 1.90. The van der Waals surface area contributed by atoms with Crippen LogP contribution >= 0.6 is 15.9 Å². The lowest BCUT2D eigenvalue weighted by atomic mass is 10.1. The fraction of sp³-hybridized carbons (Fsp3) is 0.0625. The molecule has 106 valence electrons. The minimum absolute atomic E-state index is 0.287. The van der Waals surface area contributed by atoms with E-state index in [1.165, 1.54) is 12.1 Å². The molecule has 0 bridgehead atoms. The molecule has 21 heavy (non-hydrogen) atoms. The van der Waals surface area contributed by atoms with Crippen LogP contribution in [-0.4, -0.2) is 4.98 Å². The summed E-state index contributed by atoms with van der Waals surface area (Å²) in [5.41, 5.74) is 8.17. The lowest BCUT2D eigenvalue weighted by Crippen LogP contribution is -1.99. The molecule has 0 atom stereocenters. The summed E-state index contributed by atoms with van der Waals surface area (Å²) in [5.74, 6) is 0.362. The zero-order valence-electron chi connectivity index (χ0n) is 11.0. The van der Waals surface area contributed by atoms with Gasteiger partial charge in [-0.3, -0.25) is 4.98 Å². The molecule has 0 aliphatic rings. The number of nitrogens with zero attached hydrogens (tertiary/aromatic N) is 1. The molecule has 1 aromatic heterocycles. The second-order valence-electron chi connectivity index (χ2n) is 4.58. The Labute approximate surface area is 129 Å². The number of aromatic nitrogens is 1. The Kier molecular flexibility index (Phi) is 3.75. The largest absolute Gasteiger partial charge is 0.487 e. The second kappa shape index (κ2) is 5.69. The Hall–Kier alpha value is -2.14. The number of ether oxygens (including phenoxy) is 1. The van der Waals surface area contributed by atoms with Crippen LogP contribution in [0.2, 0.25) is 0 Å². The molecule has 3 rings (SSSR count). The van der Waals surface area contributed by atoms with E-state index in [9.17, 15) is 4.39 Å². The van der Waals surface area contributed by atoms with Crippen LogP contribution in [-0.2, 0) is 6.61 Å². The van der Waals surface area contributed by atoms with Crippen molar-refractivity contribution in [2.45, 2.75) is 6.61 Å². The maximum Gasteiger partial charge on any atom is 0.146 e. The molecule has 2 N–H and O–H groups in total. The zero-order chi connectivity index (χ0) is 14.8. The molecule has 2 aromatic carbocycles. The molecule has 1 heterocycles. The van der Waals surface area contributed by atoms with Crippen LogP contribution in [0.3, 0.4) is 0 Å². The monoisotopic (exact) mass is 346 g/mol. The van der Waals surface area contributed by atoms with E-state index in [4.69, 9.17) is 10.5 Å². The second-order valence-corrected chi connectivity index (χ2v) is 5.43. The average molecular weight is 347 g/mol. The topological polar surface area (TPSA) is 48.1 Å². The molecule has 0 spiro atoms. The summed E-state index contributed by atoms with van der Waals surface area (Å²) in [4.78, 5) is 4.31. The minimum atomic E-state index is -0.287. The highest BCUT2D eigenvalue weighted by Crippen LogP contribution is 2.29. The first-order valence-electron chi connectivity index (χ1n) is 6.35. The molecule has 0 saturated carbocycles. The van der Waals surface area contributed by atoms with Crippen molar-refractivity contribution in [3.63, 3.8) is 0 Å². The minimum Gasteiger partial charge on any atom is -0.487 e. The molecule has 0 unspecified atom stereocenters. The standard InChI is InChI=1S/C16H12BrFN2O/c17-13-8-11(18)4-3-10(13)9-21-15-6-5-14(19)12-2-1-7-20-16(12)15/h1-8H,9,19H2. The normalized spacial score (nSPS) is 10.8. The Morgan fingerprint density at radius 2 is 2.05 bits per heavy atom. The summed E-state index contributed by atoms with van der Waals surface area (Å²) >= 11 is 3.33. The van der Waals surface area contributed by atoms with Crippen molar-refractivity contribution in [3.05, 3.63) is 64.5 Å². The molecule has 0 fully saturated rings. The van der Waals surface area contributed by atoms with Gasteiger partial charge in [-0.25, -0.2) is 4.39 Å². The first-order valence-corrected chi connectivity index (χ1v) is 7.14. The van der Waals surface area contributed by atoms with Crippen molar-refractivity contribution < 1.29 is 9.13 Å². The van der Waals surface area contributed by atoms with Gasteiger partial charge in [0.2, 0.25) is 0 Å². The van der Waals surface area contributed by atoms with Crippen molar-refractivity contribution in [3.8, 4) is 5.75 Å². The van der Waals surface area contributed by atoms with Crippen molar-refractivity contribution in [1.29, 1.82) is 0 Å². The fourth-order valence-electron chi connectivity index (χ4n) is 2.08. The number of anilines is 1. The number of hydrogen-bond acceptors (Lipinski definition) is 3. The SMILES string of the molecule is Nc1ccc(OCc2ccc(F)cc2Br)c2ncccc12. The van der Waals surface area contributed by atoms with Crippen molar-refractivity contribution in [2.75, 3.05) is 5.73 Å². The van der Waals surface area contributed by atoms with E-state index in [1.54, 1.807) is 24.4 Å². The van der Waals surface area contributed by atoms with Crippen LogP contribution in [0.5, 0.6) is 5.75 Å². The van der Waals surface area contributed by atoms with Crippen LogP contribution in [0, 0.1) is 5.82 Å². The van der Waals surface area contributed by atoms with Gasteiger partial charge in [0.25, 0.3) is 0 Å². The van der Waals surface area contributed by atoms with E-state index in [0.717, 1.165) is 16.5 Å².